The Bertz CT molecular complexity index is 1270. The van der Waals surface area contributed by atoms with Crippen LogP contribution >= 0.6 is 0 Å². The van der Waals surface area contributed by atoms with Crippen LogP contribution in [-0.2, 0) is 18.2 Å². The van der Waals surface area contributed by atoms with E-state index in [0.29, 0.717) is 28.2 Å². The Morgan fingerprint density at radius 1 is 1.21 bits per heavy atom. The predicted octanol–water partition coefficient (Wildman–Crippen LogP) is 3.76. The molecule has 0 radical (unpaired) electrons. The molecule has 2 aromatic carbocycles. The number of esters is 1. The average Bonchev–Trinajstić information content (AvgIpc) is 2.85. The Morgan fingerprint density at radius 3 is 2.52 bits per heavy atom. The molecule has 0 aliphatic carbocycles. The lowest BCUT2D eigenvalue weighted by atomic mass is 9.84. The quantitative estimate of drug-likeness (QED) is 0.408. The third-order valence-electron chi connectivity index (χ3n) is 5.29. The minimum absolute atomic E-state index is 0.116. The molecule has 0 saturated carbocycles. The second-order valence-corrected chi connectivity index (χ2v) is 7.12. The highest BCUT2D eigenvalue weighted by atomic mass is 16.5. The summed E-state index contributed by atoms with van der Waals surface area (Å²) >= 11 is 0. The van der Waals surface area contributed by atoms with Gasteiger partial charge >= 0.3 is 5.97 Å². The zero-order valence-electron chi connectivity index (χ0n) is 18.5. The van der Waals surface area contributed by atoms with Gasteiger partial charge in [0, 0.05) is 19.4 Å². The molecule has 3 aromatic rings. The summed E-state index contributed by atoms with van der Waals surface area (Å²) in [5.41, 5.74) is 1.53. The van der Waals surface area contributed by atoms with Gasteiger partial charge in [-0.1, -0.05) is 42.5 Å². The minimum atomic E-state index is -0.760. The number of aromatic nitrogens is 2. The van der Waals surface area contributed by atoms with E-state index in [0.717, 1.165) is 0 Å². The lowest BCUT2D eigenvalue weighted by molar-refractivity contribution is 0.0514. The van der Waals surface area contributed by atoms with Crippen LogP contribution in [0, 0.1) is 17.9 Å². The number of rotatable bonds is 7. The molecule has 0 fully saturated rings. The third kappa shape index (κ3) is 4.60. The summed E-state index contributed by atoms with van der Waals surface area (Å²) in [4.78, 5) is 33.5. The number of ether oxygens (including phenoxy) is 2. The topological polar surface area (TPSA) is 98.6 Å². The van der Waals surface area contributed by atoms with E-state index in [-0.39, 0.29) is 24.5 Å². The van der Waals surface area contributed by atoms with Crippen molar-refractivity contribution in [2.24, 2.45) is 7.05 Å². The van der Waals surface area contributed by atoms with Crippen molar-refractivity contribution in [3.63, 3.8) is 0 Å². The minimum Gasteiger partial charge on any atom is -0.489 e. The molecule has 0 amide bonds. The Labute approximate surface area is 191 Å². The number of benzene rings is 2. The van der Waals surface area contributed by atoms with E-state index in [4.69, 9.17) is 16.0 Å². The maximum absolute atomic E-state index is 12.9. The van der Waals surface area contributed by atoms with E-state index in [9.17, 15) is 14.9 Å². The van der Waals surface area contributed by atoms with Gasteiger partial charge in [0.2, 0.25) is 5.75 Å². The zero-order valence-corrected chi connectivity index (χ0v) is 18.5. The first-order valence-corrected chi connectivity index (χ1v) is 10.2. The lowest BCUT2D eigenvalue weighted by Crippen LogP contribution is -2.28. The molecule has 8 heteroatoms. The number of para-hydroxylation sites is 1. The fourth-order valence-corrected chi connectivity index (χ4v) is 3.69. The first-order valence-electron chi connectivity index (χ1n) is 10.2. The Kier molecular flexibility index (Phi) is 7.22. The summed E-state index contributed by atoms with van der Waals surface area (Å²) in [6, 6.07) is 16.4. The summed E-state index contributed by atoms with van der Waals surface area (Å²) in [6.45, 7) is 9.37. The number of methoxy groups -OCH3 is 1. The van der Waals surface area contributed by atoms with E-state index in [1.807, 2.05) is 24.3 Å². The van der Waals surface area contributed by atoms with Crippen LogP contribution in [-0.4, -0.2) is 29.2 Å². The van der Waals surface area contributed by atoms with Crippen LogP contribution in [0.2, 0.25) is 0 Å². The summed E-state index contributed by atoms with van der Waals surface area (Å²) in [7, 11) is 2.83. The summed E-state index contributed by atoms with van der Waals surface area (Å²) in [6.07, 6.45) is 0.160. The second kappa shape index (κ2) is 10.3. The molecule has 1 atom stereocenters. The van der Waals surface area contributed by atoms with E-state index in [2.05, 4.69) is 15.9 Å². The number of nitrogens with zero attached hydrogens (tertiary/aromatic N) is 4. The highest BCUT2D eigenvalue weighted by molar-refractivity contribution is 5.90. The fourth-order valence-electron chi connectivity index (χ4n) is 3.69. The fraction of sp³-hybridized carbons (Fsp3) is 0.240. The number of hydrogen-bond acceptors (Lipinski definition) is 6. The summed E-state index contributed by atoms with van der Waals surface area (Å²) in [5.74, 6) is -1.13. The van der Waals surface area contributed by atoms with Crippen molar-refractivity contribution in [2.45, 2.75) is 19.3 Å². The molecule has 166 valence electrons. The second-order valence-electron chi connectivity index (χ2n) is 7.12. The van der Waals surface area contributed by atoms with Crippen molar-refractivity contribution >= 4 is 11.7 Å². The van der Waals surface area contributed by atoms with Gasteiger partial charge in [0.1, 0.15) is 5.82 Å². The highest BCUT2D eigenvalue weighted by Gasteiger charge is 2.26. The Morgan fingerprint density at radius 2 is 1.88 bits per heavy atom. The van der Waals surface area contributed by atoms with Gasteiger partial charge in [-0.15, -0.1) is 0 Å². The van der Waals surface area contributed by atoms with Gasteiger partial charge < -0.3 is 9.47 Å². The number of nitriles is 1. The molecule has 0 saturated heterocycles. The van der Waals surface area contributed by atoms with Crippen LogP contribution < -0.4 is 10.3 Å². The van der Waals surface area contributed by atoms with E-state index in [1.54, 1.807) is 31.2 Å². The van der Waals surface area contributed by atoms with E-state index >= 15 is 0 Å². The smallest absolute Gasteiger partial charge is 0.361 e. The van der Waals surface area contributed by atoms with Gasteiger partial charge in [0.25, 0.3) is 5.56 Å². The molecule has 1 heterocycles. The van der Waals surface area contributed by atoms with Crippen LogP contribution in [0.3, 0.4) is 0 Å². The van der Waals surface area contributed by atoms with Gasteiger partial charge in [-0.2, -0.15) is 5.26 Å². The average molecular weight is 442 g/mol. The molecule has 0 bridgehead atoms. The molecule has 0 spiro atoms. The van der Waals surface area contributed by atoms with Gasteiger partial charge in [0.15, 0.2) is 11.4 Å². The number of carbonyl (C=O) groups excluding carboxylic acids is 1. The Hall–Kier alpha value is -4.43. The molecule has 0 N–H and O–H groups in total. The highest BCUT2D eigenvalue weighted by Crippen LogP contribution is 2.36. The zero-order chi connectivity index (χ0) is 24.0. The number of hydrogen-bond donors (Lipinski definition) is 0. The third-order valence-corrected chi connectivity index (χ3v) is 5.29. The van der Waals surface area contributed by atoms with Crippen molar-refractivity contribution < 1.29 is 14.3 Å². The maximum atomic E-state index is 12.9. The van der Waals surface area contributed by atoms with Gasteiger partial charge in [-0.05, 0) is 24.1 Å². The molecule has 8 nitrogen and oxygen atoms in total. The summed E-state index contributed by atoms with van der Waals surface area (Å²) in [5, 5.41) is 9.69. The summed E-state index contributed by atoms with van der Waals surface area (Å²) < 4.78 is 11.5. The first kappa shape index (κ1) is 23.2. The molecule has 33 heavy (non-hydrogen) atoms. The van der Waals surface area contributed by atoms with Gasteiger partial charge in [0.05, 0.1) is 31.9 Å². The van der Waals surface area contributed by atoms with Crippen LogP contribution in [0.25, 0.3) is 4.85 Å². The van der Waals surface area contributed by atoms with Crippen LogP contribution in [0.1, 0.15) is 45.8 Å². The van der Waals surface area contributed by atoms with E-state index < -0.39 is 17.4 Å². The van der Waals surface area contributed by atoms with Crippen LogP contribution in [0.5, 0.6) is 5.75 Å². The van der Waals surface area contributed by atoms with Gasteiger partial charge in [-0.25, -0.2) is 14.6 Å². The largest absolute Gasteiger partial charge is 0.489 e. The molecule has 0 aliphatic heterocycles. The van der Waals surface area contributed by atoms with Crippen molar-refractivity contribution in [1.82, 2.24) is 9.55 Å². The van der Waals surface area contributed by atoms with Crippen LogP contribution in [0.4, 0.5) is 5.69 Å². The molecule has 3 rings (SSSR count). The Balaban J connectivity index is 2.24. The molecular weight excluding hydrogens is 420 g/mol. The SMILES string of the molecule is [C-]#[N+]c1ccccc1C(Cc1nc(C(=O)OCC)c(OC)c(=O)n1C)c1ccccc1C#N. The standard InChI is InChI=1S/C25H22N4O4/c1-5-33-25(31)22-23(32-4)24(30)29(3)21(28-22)14-19(17-11-7-6-10-16(17)15-26)18-12-8-9-13-20(18)27-2/h6-13,19H,5,14H2,1,3-4H3. The predicted molar refractivity (Wildman–Crippen MR) is 121 cm³/mol. The number of carbonyl (C=O) groups is 1. The van der Waals surface area contributed by atoms with Crippen molar-refractivity contribution in [1.29, 1.82) is 5.26 Å². The van der Waals surface area contributed by atoms with Crippen molar-refractivity contribution in [3.8, 4) is 11.8 Å². The molecular formula is C25H22N4O4. The molecule has 1 aromatic heterocycles. The normalized spacial score (nSPS) is 11.2. The van der Waals surface area contributed by atoms with Crippen molar-refractivity contribution in [2.75, 3.05) is 13.7 Å². The maximum Gasteiger partial charge on any atom is 0.361 e. The monoisotopic (exact) mass is 442 g/mol. The van der Waals surface area contributed by atoms with Crippen molar-refractivity contribution in [3.05, 3.63) is 98.5 Å². The molecule has 0 aliphatic rings. The molecule has 1 unspecified atom stereocenters. The van der Waals surface area contributed by atoms with E-state index in [1.165, 1.54) is 18.7 Å². The van der Waals surface area contributed by atoms with Gasteiger partial charge in [-0.3, -0.25) is 9.36 Å². The lowest BCUT2D eigenvalue weighted by Gasteiger charge is -2.22. The first-order chi connectivity index (χ1) is 16.0. The van der Waals surface area contributed by atoms with Crippen LogP contribution in [0.15, 0.2) is 53.3 Å².